The third-order valence-electron chi connectivity index (χ3n) is 4.81. The number of hydrogen-bond donors (Lipinski definition) is 0. The van der Waals surface area contributed by atoms with Gasteiger partial charge in [-0.1, -0.05) is 24.3 Å². The zero-order chi connectivity index (χ0) is 22.8. The van der Waals surface area contributed by atoms with Gasteiger partial charge in [-0.05, 0) is 29.8 Å². The fourth-order valence-corrected chi connectivity index (χ4v) is 5.05. The number of ether oxygens (including phenoxy) is 2. The van der Waals surface area contributed by atoms with E-state index in [-0.39, 0.29) is 24.3 Å². The summed E-state index contributed by atoms with van der Waals surface area (Å²) in [6.07, 6.45) is -5.42. The molecule has 1 fully saturated rings. The topological polar surface area (TPSA) is 72.9 Å². The fourth-order valence-electron chi connectivity index (χ4n) is 3.32. The summed E-state index contributed by atoms with van der Waals surface area (Å²) in [6, 6.07) is 8.09. The van der Waals surface area contributed by atoms with E-state index in [1.807, 2.05) is 0 Å². The smallest absolute Gasteiger partial charge is 0.416 e. The molecule has 3 rings (SSSR count). The number of alkyl halides is 3. The second kappa shape index (κ2) is 8.83. The Kier molecular flexibility index (Phi) is 6.56. The van der Waals surface area contributed by atoms with Crippen LogP contribution in [0.15, 0.2) is 48.5 Å². The minimum atomic E-state index is -4.54. The molecular weight excluding hydrogens is 442 g/mol. The molecule has 0 aliphatic carbocycles. The van der Waals surface area contributed by atoms with E-state index >= 15 is 0 Å². The van der Waals surface area contributed by atoms with Crippen molar-refractivity contribution in [3.63, 3.8) is 0 Å². The van der Waals surface area contributed by atoms with Crippen molar-refractivity contribution in [1.29, 1.82) is 0 Å². The summed E-state index contributed by atoms with van der Waals surface area (Å²) < 4.78 is 89.0. The molecule has 6 nitrogen and oxygen atoms in total. The number of carbonyl (C=O) groups excluding carboxylic acids is 1. The summed E-state index contributed by atoms with van der Waals surface area (Å²) >= 11 is 0. The van der Waals surface area contributed by atoms with Gasteiger partial charge in [0.05, 0.1) is 25.0 Å². The van der Waals surface area contributed by atoms with Gasteiger partial charge in [-0.25, -0.2) is 12.8 Å². The van der Waals surface area contributed by atoms with Crippen LogP contribution in [0, 0.1) is 5.82 Å². The Morgan fingerprint density at radius 3 is 2.35 bits per heavy atom. The molecule has 0 saturated carbocycles. The average molecular weight is 461 g/mol. The Morgan fingerprint density at radius 1 is 1.13 bits per heavy atom. The minimum Gasteiger partial charge on any atom is -0.486 e. The molecule has 0 N–H and O–H groups in total. The molecule has 168 valence electrons. The van der Waals surface area contributed by atoms with Crippen LogP contribution in [0.5, 0.6) is 5.75 Å². The Labute approximate surface area is 176 Å². The van der Waals surface area contributed by atoms with E-state index in [1.54, 1.807) is 6.07 Å². The molecule has 11 heteroatoms. The highest BCUT2D eigenvalue weighted by Gasteiger charge is 2.45. The second-order valence-corrected chi connectivity index (χ2v) is 8.89. The Balaban J connectivity index is 1.80. The zero-order valence-electron chi connectivity index (χ0n) is 16.3. The highest BCUT2D eigenvalue weighted by Crippen LogP contribution is 2.31. The van der Waals surface area contributed by atoms with Gasteiger partial charge in [0.25, 0.3) is 0 Å². The lowest BCUT2D eigenvalue weighted by Gasteiger charge is -2.22. The summed E-state index contributed by atoms with van der Waals surface area (Å²) in [6.45, 7) is -0.239. The van der Waals surface area contributed by atoms with E-state index in [0.29, 0.717) is 0 Å². The van der Waals surface area contributed by atoms with Crippen molar-refractivity contribution in [1.82, 2.24) is 4.31 Å². The van der Waals surface area contributed by atoms with Gasteiger partial charge in [-0.15, -0.1) is 0 Å². The van der Waals surface area contributed by atoms with Gasteiger partial charge in [0.1, 0.15) is 12.1 Å². The van der Waals surface area contributed by atoms with Gasteiger partial charge in [-0.2, -0.15) is 17.5 Å². The summed E-state index contributed by atoms with van der Waals surface area (Å²) in [7, 11) is -3.02. The number of halogens is 4. The first-order valence-corrected chi connectivity index (χ1v) is 10.8. The van der Waals surface area contributed by atoms with E-state index in [1.165, 1.54) is 18.2 Å². The SMILES string of the molecule is COC(=O)C1CC(Oc2ccccc2F)CN1S(=O)(=O)Cc1ccc(C(F)(F)F)cc1. The third kappa shape index (κ3) is 5.34. The van der Waals surface area contributed by atoms with Crippen molar-refractivity contribution in [2.24, 2.45) is 0 Å². The van der Waals surface area contributed by atoms with Crippen molar-refractivity contribution in [2.45, 2.75) is 30.5 Å². The highest BCUT2D eigenvalue weighted by molar-refractivity contribution is 7.88. The lowest BCUT2D eigenvalue weighted by molar-refractivity contribution is -0.144. The number of hydrogen-bond acceptors (Lipinski definition) is 5. The van der Waals surface area contributed by atoms with E-state index in [0.717, 1.165) is 35.7 Å². The number of benzene rings is 2. The minimum absolute atomic E-state index is 0.0623. The molecule has 1 heterocycles. The monoisotopic (exact) mass is 461 g/mol. The van der Waals surface area contributed by atoms with Crippen molar-refractivity contribution in [3.05, 3.63) is 65.5 Å². The number of para-hydroxylation sites is 1. The largest absolute Gasteiger partial charge is 0.486 e. The van der Waals surface area contributed by atoms with Crippen LogP contribution >= 0.6 is 0 Å². The molecule has 0 bridgehead atoms. The molecule has 2 atom stereocenters. The number of carbonyl (C=O) groups is 1. The maximum atomic E-state index is 13.9. The Hall–Kier alpha value is -2.66. The van der Waals surface area contributed by atoms with Gasteiger partial charge in [-0.3, -0.25) is 4.79 Å². The Bertz CT molecular complexity index is 1040. The van der Waals surface area contributed by atoms with Gasteiger partial charge < -0.3 is 9.47 Å². The van der Waals surface area contributed by atoms with Gasteiger partial charge in [0.2, 0.25) is 10.0 Å². The first kappa shape index (κ1) is 23.0. The van der Waals surface area contributed by atoms with Crippen LogP contribution in [0.2, 0.25) is 0 Å². The van der Waals surface area contributed by atoms with Crippen LogP contribution in [0.3, 0.4) is 0 Å². The van der Waals surface area contributed by atoms with Crippen LogP contribution in [0.25, 0.3) is 0 Å². The molecule has 0 spiro atoms. The van der Waals surface area contributed by atoms with Gasteiger partial charge in [0.15, 0.2) is 11.6 Å². The van der Waals surface area contributed by atoms with Gasteiger partial charge >= 0.3 is 12.1 Å². The molecule has 31 heavy (non-hydrogen) atoms. The summed E-state index contributed by atoms with van der Waals surface area (Å²) in [5.41, 5.74) is -0.782. The predicted octanol–water partition coefficient (Wildman–Crippen LogP) is 3.37. The molecular formula is C20H19F4NO5S. The highest BCUT2D eigenvalue weighted by atomic mass is 32.2. The van der Waals surface area contributed by atoms with Crippen molar-refractivity contribution in [3.8, 4) is 5.75 Å². The lowest BCUT2D eigenvalue weighted by Crippen LogP contribution is -2.41. The second-order valence-electron chi connectivity index (χ2n) is 6.97. The maximum Gasteiger partial charge on any atom is 0.416 e. The quantitative estimate of drug-likeness (QED) is 0.487. The summed E-state index contributed by atoms with van der Waals surface area (Å²) in [4.78, 5) is 12.2. The molecule has 0 radical (unpaired) electrons. The van der Waals surface area contributed by atoms with Crippen LogP contribution in [-0.2, 0) is 31.5 Å². The fraction of sp³-hybridized carbons (Fsp3) is 0.350. The first-order valence-electron chi connectivity index (χ1n) is 9.16. The van der Waals surface area contributed by atoms with Crippen molar-refractivity contribution in [2.75, 3.05) is 13.7 Å². The summed E-state index contributed by atoms with van der Waals surface area (Å²) in [5, 5.41) is 0. The average Bonchev–Trinajstić information content (AvgIpc) is 3.13. The number of esters is 1. The number of rotatable bonds is 6. The van der Waals surface area contributed by atoms with Crippen LogP contribution in [0.1, 0.15) is 17.5 Å². The lowest BCUT2D eigenvalue weighted by atomic mass is 10.1. The predicted molar refractivity (Wildman–Crippen MR) is 102 cm³/mol. The number of sulfonamides is 1. The van der Waals surface area contributed by atoms with E-state index < -0.39 is 51.4 Å². The van der Waals surface area contributed by atoms with Crippen LogP contribution < -0.4 is 4.74 Å². The third-order valence-corrected chi connectivity index (χ3v) is 6.62. The van der Waals surface area contributed by atoms with E-state index in [9.17, 15) is 30.8 Å². The molecule has 1 aliphatic heterocycles. The molecule has 1 saturated heterocycles. The maximum absolute atomic E-state index is 13.9. The molecule has 2 aromatic carbocycles. The van der Waals surface area contributed by atoms with Crippen LogP contribution in [0.4, 0.5) is 17.6 Å². The zero-order valence-corrected chi connectivity index (χ0v) is 17.1. The molecule has 1 aliphatic rings. The molecule has 0 aromatic heterocycles. The molecule has 2 aromatic rings. The Morgan fingerprint density at radius 2 is 1.77 bits per heavy atom. The standard InChI is InChI=1S/C20H19F4NO5S/c1-29-19(26)17-10-15(30-18-5-3-2-4-16(18)21)11-25(17)31(27,28)12-13-6-8-14(9-7-13)20(22,23)24/h2-9,15,17H,10-12H2,1H3. The van der Waals surface area contributed by atoms with E-state index in [4.69, 9.17) is 4.74 Å². The van der Waals surface area contributed by atoms with Crippen LogP contribution in [-0.4, -0.2) is 44.5 Å². The normalized spacial score (nSPS) is 19.9. The summed E-state index contributed by atoms with van der Waals surface area (Å²) in [5.74, 6) is -2.15. The number of nitrogens with zero attached hydrogens (tertiary/aromatic N) is 1. The van der Waals surface area contributed by atoms with Crippen molar-refractivity contribution < 1.29 is 40.2 Å². The number of methoxy groups -OCH3 is 1. The molecule has 0 amide bonds. The van der Waals surface area contributed by atoms with Gasteiger partial charge in [0, 0.05) is 6.42 Å². The van der Waals surface area contributed by atoms with Crippen molar-refractivity contribution >= 4 is 16.0 Å². The first-order chi connectivity index (χ1) is 14.5. The van der Waals surface area contributed by atoms with E-state index in [2.05, 4.69) is 4.74 Å². The molecule has 2 unspecified atom stereocenters.